The summed E-state index contributed by atoms with van der Waals surface area (Å²) in [4.78, 5) is 34.7. The van der Waals surface area contributed by atoms with E-state index in [1.807, 2.05) is 27.7 Å². The van der Waals surface area contributed by atoms with Crippen molar-refractivity contribution in [3.8, 4) is 0 Å². The van der Waals surface area contributed by atoms with Crippen LogP contribution in [0.2, 0.25) is 5.02 Å². The lowest BCUT2D eigenvalue weighted by Gasteiger charge is -2.16. The molecule has 0 amide bonds. The number of benzene rings is 6. The fraction of sp³-hybridized carbons (Fsp3) is 0.283. The van der Waals surface area contributed by atoms with Crippen molar-refractivity contribution in [2.45, 2.75) is 84.3 Å². The summed E-state index contributed by atoms with van der Waals surface area (Å²) < 4.78 is 113. The minimum atomic E-state index is -3.62. The summed E-state index contributed by atoms with van der Waals surface area (Å²) in [5.41, 5.74) is 3.95. The van der Waals surface area contributed by atoms with Gasteiger partial charge in [0.15, 0.2) is 11.9 Å². The van der Waals surface area contributed by atoms with E-state index in [-0.39, 0.29) is 101 Å². The molecule has 0 bridgehead atoms. The molecular formula is C53H76ClN5O14P4S8. The zero-order valence-electron chi connectivity index (χ0n) is 49.0. The number of rotatable bonds is 21. The van der Waals surface area contributed by atoms with Crippen molar-refractivity contribution < 1.29 is 57.7 Å². The quantitative estimate of drug-likeness (QED) is 0.0162. The van der Waals surface area contributed by atoms with E-state index >= 15 is 0 Å². The van der Waals surface area contributed by atoms with Gasteiger partial charge in [-0.05, 0) is 160 Å². The second-order valence-corrected chi connectivity index (χ2v) is 31.0. The van der Waals surface area contributed by atoms with Crippen molar-refractivity contribution in [1.29, 1.82) is 0 Å². The zero-order chi connectivity index (χ0) is 60.9. The second-order valence-electron chi connectivity index (χ2n) is 17.3. The summed E-state index contributed by atoms with van der Waals surface area (Å²) in [5.74, 6) is -0.978. The van der Waals surface area contributed by atoms with Crippen molar-refractivity contribution in [3.63, 3.8) is 0 Å². The largest absolute Gasteiger partial charge is 0.453 e. The third kappa shape index (κ3) is 27.6. The number of carbonyl (C=O) groups is 2. The van der Waals surface area contributed by atoms with Crippen molar-refractivity contribution in [1.82, 2.24) is 14.8 Å². The molecule has 0 heterocycles. The Morgan fingerprint density at radius 3 is 1.02 bits per heavy atom. The first-order valence-electron chi connectivity index (χ1n) is 24.0. The highest BCUT2D eigenvalue weighted by molar-refractivity contribution is 8.09. The molecule has 32 heteroatoms. The average molecular weight is 1420 g/mol. The molecule has 0 saturated carbocycles. The minimum absolute atomic E-state index is 0. The molecular weight excluding hydrogens is 1350 g/mol. The standard InChI is InChI=1S/C14H14ClNO2S2.C14H14N2O4S2.C13H19NO4S2.C12H17NO4S2.4H3P/c1-11-3-9-14(10-4-11)20(17,18)16(2)19-13-7-5-12(15)6-8-13;1-11-3-9-14(10-4-11)22(19,20)15(2)21-13-7-5-12(6-8-13)16(17)18;1-10(2)13(15)18-9-19-14(4)20(16,17)12-7-5-11(3)6-8-12;1-4-12(14)17-9-18-13(3)19(15,16)11-7-5-10(2)6-8-11;;;;/h3-10H,1-2H3;3-10H,1-2H3;5-8,10H,9H2,1-4H3;5-8H,4,9H2,1-3H3;4*1H3. The van der Waals surface area contributed by atoms with Gasteiger partial charge in [0.1, 0.15) is 0 Å². The number of nitro groups is 1. The van der Waals surface area contributed by atoms with Crippen LogP contribution >= 0.6 is 99.0 Å². The molecule has 6 aromatic carbocycles. The number of hydrogen-bond donors (Lipinski definition) is 0. The predicted molar refractivity (Wildman–Crippen MR) is 367 cm³/mol. The first-order valence-corrected chi connectivity index (χ1v) is 33.6. The van der Waals surface area contributed by atoms with Gasteiger partial charge in [-0.1, -0.05) is 103 Å². The molecule has 85 heavy (non-hydrogen) atoms. The normalized spacial score (nSPS) is 11.2. The van der Waals surface area contributed by atoms with Gasteiger partial charge in [-0.3, -0.25) is 19.7 Å². The smallest absolute Gasteiger partial charge is 0.309 e. The number of halogens is 1. The van der Waals surface area contributed by atoms with Gasteiger partial charge in [0.25, 0.3) is 45.8 Å². The second kappa shape index (κ2) is 39.7. The Morgan fingerprint density at radius 1 is 0.482 bits per heavy atom. The van der Waals surface area contributed by atoms with Gasteiger partial charge < -0.3 is 9.47 Å². The van der Waals surface area contributed by atoms with Gasteiger partial charge in [-0.2, -0.15) is 39.6 Å². The van der Waals surface area contributed by atoms with E-state index in [0.29, 0.717) is 9.92 Å². The maximum atomic E-state index is 12.4. The Bertz CT molecular complexity index is 3480. The number of esters is 2. The molecule has 0 aliphatic carbocycles. The summed E-state index contributed by atoms with van der Waals surface area (Å²) in [6, 6.07) is 39.3. The predicted octanol–water partition coefficient (Wildman–Crippen LogP) is 12.0. The van der Waals surface area contributed by atoms with E-state index < -0.39 is 45.0 Å². The highest BCUT2D eigenvalue weighted by Gasteiger charge is 2.25. The fourth-order valence-corrected chi connectivity index (χ4v) is 14.4. The molecule has 0 fully saturated rings. The molecule has 0 aliphatic rings. The van der Waals surface area contributed by atoms with Crippen LogP contribution in [0.15, 0.2) is 175 Å². The van der Waals surface area contributed by atoms with E-state index in [2.05, 4.69) is 0 Å². The lowest BCUT2D eigenvalue weighted by molar-refractivity contribution is -0.384. The van der Waals surface area contributed by atoms with E-state index in [4.69, 9.17) is 21.1 Å². The summed E-state index contributed by atoms with van der Waals surface area (Å²) in [6.45, 7) is 12.7. The molecule has 6 aromatic rings. The topological polar surface area (TPSA) is 245 Å². The molecule has 6 rings (SSSR count). The number of nitro benzene ring substituents is 1. The number of hydrogen-bond acceptors (Lipinski definition) is 18. The number of carbonyl (C=O) groups excluding carboxylic acids is 2. The summed E-state index contributed by atoms with van der Waals surface area (Å²) in [5, 5.41) is 11.2. The van der Waals surface area contributed by atoms with Gasteiger partial charge in [0.2, 0.25) is 0 Å². The average Bonchev–Trinajstić information content (AvgIpc) is 3.63. The van der Waals surface area contributed by atoms with E-state index in [9.17, 15) is 53.4 Å². The lowest BCUT2D eigenvalue weighted by Crippen LogP contribution is -2.22. The molecule has 19 nitrogen and oxygen atoms in total. The maximum Gasteiger partial charge on any atom is 0.309 e. The van der Waals surface area contributed by atoms with Crippen LogP contribution in [0.4, 0.5) is 5.69 Å². The van der Waals surface area contributed by atoms with E-state index in [0.717, 1.165) is 86.1 Å². The number of sulfonamides is 4. The van der Waals surface area contributed by atoms with E-state index in [1.165, 1.54) is 56.2 Å². The summed E-state index contributed by atoms with van der Waals surface area (Å²) >= 11 is 9.80. The first-order chi connectivity index (χ1) is 37.8. The van der Waals surface area contributed by atoms with Crippen molar-refractivity contribution in [3.05, 3.63) is 183 Å². The van der Waals surface area contributed by atoms with Gasteiger partial charge in [0.05, 0.1) is 30.4 Å². The number of nitrogens with zero attached hydrogens (tertiary/aromatic N) is 5. The van der Waals surface area contributed by atoms with Crippen LogP contribution in [-0.4, -0.2) is 105 Å². The van der Waals surface area contributed by atoms with Gasteiger partial charge >= 0.3 is 11.9 Å². The molecule has 0 aliphatic heterocycles. The first kappa shape index (κ1) is 83.8. The van der Waals surface area contributed by atoms with Crippen molar-refractivity contribution in [2.75, 3.05) is 40.1 Å². The Morgan fingerprint density at radius 2 is 0.753 bits per heavy atom. The number of ether oxygens (including phenoxy) is 2. The molecule has 4 atom stereocenters. The van der Waals surface area contributed by atoms with Gasteiger partial charge in [-0.25, -0.2) is 33.7 Å². The van der Waals surface area contributed by atoms with Crippen LogP contribution in [0.25, 0.3) is 0 Å². The highest BCUT2D eigenvalue weighted by Crippen LogP contribution is 2.31. The number of aryl methyl sites for hydroxylation is 4. The Kier molecular flexibility index (Phi) is 39.1. The molecule has 0 saturated heterocycles. The van der Waals surface area contributed by atoms with Crippen molar-refractivity contribution in [2.24, 2.45) is 5.92 Å². The third-order valence-corrected chi connectivity index (χ3v) is 23.1. The molecule has 0 spiro atoms. The Labute approximate surface area is 538 Å². The molecule has 4 unspecified atom stereocenters. The zero-order valence-corrected chi connectivity index (χ0v) is 61.9. The van der Waals surface area contributed by atoms with Gasteiger partial charge in [0, 0.05) is 61.6 Å². The monoisotopic (exact) mass is 1420 g/mol. The van der Waals surface area contributed by atoms with Crippen LogP contribution < -0.4 is 0 Å². The fourth-order valence-electron chi connectivity index (χ4n) is 5.69. The van der Waals surface area contributed by atoms with Crippen LogP contribution in [0.5, 0.6) is 0 Å². The third-order valence-electron chi connectivity index (χ3n) is 10.6. The minimum Gasteiger partial charge on any atom is -0.453 e. The highest BCUT2D eigenvalue weighted by atomic mass is 35.5. The Balaban J connectivity index is 0. The SMILES string of the molecule is CCC(=O)OCSN(C)S(=O)(=O)c1ccc(C)cc1.Cc1ccc(S(=O)(=O)N(C)SCOC(=O)C(C)C)cc1.Cc1ccc(S(=O)(=O)N(C)Sc2ccc(Cl)cc2)cc1.Cc1ccc(S(=O)(=O)N(C)Sc2ccc([N+](=O)[O-])cc2)cc1.P.P.P.P. The molecule has 0 aromatic heterocycles. The molecule has 0 N–H and O–H groups in total. The lowest BCUT2D eigenvalue weighted by atomic mass is 10.2. The molecule has 472 valence electrons. The van der Waals surface area contributed by atoms with Crippen molar-refractivity contribution >= 4 is 157 Å². The number of non-ortho nitro benzene ring substituents is 1. The van der Waals surface area contributed by atoms with E-state index in [1.54, 1.807) is 142 Å². The Hall–Kier alpha value is -3.29. The van der Waals surface area contributed by atoms with Gasteiger partial charge in [-0.15, -0.1) is 14.8 Å². The van der Waals surface area contributed by atoms with Crippen LogP contribution in [0.1, 0.15) is 49.4 Å². The van der Waals surface area contributed by atoms with Crippen LogP contribution in [-0.2, 0) is 59.2 Å². The summed E-state index contributed by atoms with van der Waals surface area (Å²) in [6.07, 6.45) is 0.273. The summed E-state index contributed by atoms with van der Waals surface area (Å²) in [7, 11) is -8.40. The molecule has 0 radical (unpaired) electrons. The van der Waals surface area contributed by atoms with Crippen LogP contribution in [0, 0.1) is 43.7 Å². The van der Waals surface area contributed by atoms with Crippen LogP contribution in [0.3, 0.4) is 0 Å². The maximum absolute atomic E-state index is 12.4.